The molecule has 0 fully saturated rings. The van der Waals surface area contributed by atoms with E-state index < -0.39 is 9.05 Å². The van der Waals surface area contributed by atoms with E-state index >= 15 is 0 Å². The number of unbranched alkanes of at least 4 members (excludes halogenated alkanes) is 2. The second-order valence-corrected chi connectivity index (χ2v) is 5.93. The number of hydrogen-bond acceptors (Lipinski definition) is 4. The summed E-state index contributed by atoms with van der Waals surface area (Å²) >= 11 is 5.61. The van der Waals surface area contributed by atoms with Gasteiger partial charge in [-0.2, -0.15) is 0 Å². The lowest BCUT2D eigenvalue weighted by Crippen LogP contribution is -2.49. The summed E-state index contributed by atoms with van der Waals surface area (Å²) in [4.78, 5) is 0. The van der Waals surface area contributed by atoms with Crippen LogP contribution < -0.4 is 0 Å². The predicted octanol–water partition coefficient (Wildman–Crippen LogP) is 2.96. The number of rotatable bonds is 12. The van der Waals surface area contributed by atoms with E-state index in [2.05, 4.69) is 0 Å². The van der Waals surface area contributed by atoms with Crippen molar-refractivity contribution in [2.75, 3.05) is 32.3 Å². The Balaban J connectivity index is 4.05. The summed E-state index contributed by atoms with van der Waals surface area (Å²) in [7, 11) is -2.89. The molecule has 0 aromatic rings. The molecule has 6 heteroatoms. The van der Waals surface area contributed by atoms with Gasteiger partial charge >= 0.3 is 9.05 Å². The summed E-state index contributed by atoms with van der Waals surface area (Å²) < 4.78 is 22.4. The molecule has 0 saturated heterocycles. The van der Waals surface area contributed by atoms with Gasteiger partial charge in [0, 0.05) is 32.3 Å². The van der Waals surface area contributed by atoms with Gasteiger partial charge in [0.05, 0.1) is 0 Å². The Labute approximate surface area is 111 Å². The second-order valence-electron chi connectivity index (χ2n) is 3.40. The topological polar surface area (TPSA) is 36.9 Å². The molecule has 0 aromatic heterocycles. The fourth-order valence-corrected chi connectivity index (χ4v) is 3.49. The van der Waals surface area contributed by atoms with E-state index in [1.54, 1.807) is 0 Å². The zero-order valence-electron chi connectivity index (χ0n) is 11.2. The first-order valence-electron chi connectivity index (χ1n) is 6.36. The monoisotopic (exact) mass is 284 g/mol. The predicted molar refractivity (Wildman–Crippen MR) is 71.2 cm³/mol. The SMILES string of the molecule is CCO[Si](OCC)(OCC)OCCCCCCl. The molecule has 0 unspecified atom stereocenters. The Kier molecular flexibility index (Phi) is 11.7. The average Bonchev–Trinajstić information content (AvgIpc) is 2.30. The van der Waals surface area contributed by atoms with Crippen LogP contribution in [0.5, 0.6) is 0 Å². The summed E-state index contributed by atoms with van der Waals surface area (Å²) in [5.74, 6) is 0.699. The molecule has 0 spiro atoms. The Hall–Kier alpha value is 0.347. The molecule has 0 radical (unpaired) electrons. The lowest BCUT2D eigenvalue weighted by atomic mass is 10.3. The molecular formula is C11H25ClO4Si. The smallest absolute Gasteiger partial charge is 0.351 e. The summed E-state index contributed by atoms with van der Waals surface area (Å²) in [6.07, 6.45) is 3.02. The average molecular weight is 285 g/mol. The first-order chi connectivity index (χ1) is 8.24. The maximum Gasteiger partial charge on any atom is 0.679 e. The molecule has 0 aliphatic carbocycles. The highest BCUT2D eigenvalue weighted by atomic mass is 35.5. The molecule has 0 amide bonds. The molecule has 0 bridgehead atoms. The summed E-state index contributed by atoms with van der Waals surface area (Å²) in [6.45, 7) is 7.95. The van der Waals surface area contributed by atoms with Crippen LogP contribution in [0.3, 0.4) is 0 Å². The van der Waals surface area contributed by atoms with Crippen molar-refractivity contribution in [1.29, 1.82) is 0 Å². The van der Waals surface area contributed by atoms with E-state index in [1.165, 1.54) is 0 Å². The molecule has 0 saturated carbocycles. The molecular weight excluding hydrogens is 260 g/mol. The molecule has 4 nitrogen and oxygen atoms in total. The van der Waals surface area contributed by atoms with Gasteiger partial charge < -0.3 is 17.7 Å². The zero-order chi connectivity index (χ0) is 13.0. The van der Waals surface area contributed by atoms with Crippen LogP contribution in [-0.4, -0.2) is 41.4 Å². The van der Waals surface area contributed by atoms with Crippen LogP contribution in [0.4, 0.5) is 0 Å². The fraction of sp³-hybridized carbons (Fsp3) is 1.00. The normalized spacial score (nSPS) is 12.0. The quantitative estimate of drug-likeness (QED) is 0.314. The van der Waals surface area contributed by atoms with E-state index in [1.807, 2.05) is 20.8 Å². The molecule has 0 N–H and O–H groups in total. The van der Waals surface area contributed by atoms with Crippen molar-refractivity contribution in [2.45, 2.75) is 40.0 Å². The van der Waals surface area contributed by atoms with Crippen molar-refractivity contribution >= 4 is 20.6 Å². The minimum Gasteiger partial charge on any atom is -0.351 e. The minimum absolute atomic E-state index is 0.536. The van der Waals surface area contributed by atoms with Crippen molar-refractivity contribution in [1.82, 2.24) is 0 Å². The lowest BCUT2D eigenvalue weighted by molar-refractivity contribution is -0.0280. The first kappa shape index (κ1) is 17.3. The molecule has 17 heavy (non-hydrogen) atoms. The van der Waals surface area contributed by atoms with Gasteiger partial charge in [-0.05, 0) is 33.6 Å². The number of hydrogen-bond donors (Lipinski definition) is 0. The zero-order valence-corrected chi connectivity index (χ0v) is 12.9. The van der Waals surface area contributed by atoms with Gasteiger partial charge in [0.15, 0.2) is 0 Å². The van der Waals surface area contributed by atoms with Gasteiger partial charge in [0.25, 0.3) is 0 Å². The highest BCUT2D eigenvalue weighted by Gasteiger charge is 2.44. The first-order valence-corrected chi connectivity index (χ1v) is 8.53. The second kappa shape index (κ2) is 11.4. The summed E-state index contributed by atoms with van der Waals surface area (Å²) in [6, 6.07) is 0. The van der Waals surface area contributed by atoms with Crippen molar-refractivity contribution in [3.05, 3.63) is 0 Å². The third kappa shape index (κ3) is 8.13. The molecule has 0 atom stereocenters. The van der Waals surface area contributed by atoms with Gasteiger partial charge in [-0.1, -0.05) is 6.42 Å². The van der Waals surface area contributed by atoms with Gasteiger partial charge in [0.1, 0.15) is 0 Å². The van der Waals surface area contributed by atoms with Crippen LogP contribution in [0.15, 0.2) is 0 Å². The van der Waals surface area contributed by atoms with Gasteiger partial charge in [-0.15, -0.1) is 11.6 Å². The maximum absolute atomic E-state index is 5.73. The van der Waals surface area contributed by atoms with E-state index in [4.69, 9.17) is 29.3 Å². The van der Waals surface area contributed by atoms with Crippen LogP contribution in [-0.2, 0) is 17.7 Å². The molecule has 0 heterocycles. The Morgan fingerprint density at radius 1 is 0.765 bits per heavy atom. The third-order valence-corrected chi connectivity index (χ3v) is 4.77. The van der Waals surface area contributed by atoms with E-state index in [-0.39, 0.29) is 0 Å². The highest BCUT2D eigenvalue weighted by molar-refractivity contribution is 6.53. The van der Waals surface area contributed by atoms with Gasteiger partial charge in [-0.3, -0.25) is 0 Å². The fourth-order valence-electron chi connectivity index (χ4n) is 1.35. The molecule has 0 aromatic carbocycles. The molecule has 0 aliphatic heterocycles. The van der Waals surface area contributed by atoms with Gasteiger partial charge in [0.2, 0.25) is 0 Å². The largest absolute Gasteiger partial charge is 0.679 e. The standard InChI is InChI=1S/C11H25ClO4Si/c1-4-13-17(14-5-2,15-6-3)16-11-9-7-8-10-12/h4-11H2,1-3H3. The Bertz CT molecular complexity index is 155. The summed E-state index contributed by atoms with van der Waals surface area (Å²) in [5, 5.41) is 0. The number of alkyl halides is 1. The van der Waals surface area contributed by atoms with Crippen molar-refractivity contribution < 1.29 is 17.7 Å². The highest BCUT2D eigenvalue weighted by Crippen LogP contribution is 2.13. The number of halogens is 1. The van der Waals surface area contributed by atoms with Crippen molar-refractivity contribution in [3.8, 4) is 0 Å². The van der Waals surface area contributed by atoms with Crippen LogP contribution in [0, 0.1) is 0 Å². The van der Waals surface area contributed by atoms with E-state index in [0.29, 0.717) is 32.3 Å². The third-order valence-electron chi connectivity index (χ3n) is 2.02. The molecule has 0 rings (SSSR count). The van der Waals surface area contributed by atoms with E-state index in [0.717, 1.165) is 19.3 Å². The lowest BCUT2D eigenvalue weighted by Gasteiger charge is -2.26. The molecule has 104 valence electrons. The van der Waals surface area contributed by atoms with Crippen molar-refractivity contribution in [2.24, 2.45) is 0 Å². The maximum atomic E-state index is 5.73. The Morgan fingerprint density at radius 3 is 1.71 bits per heavy atom. The molecule has 0 aliphatic rings. The van der Waals surface area contributed by atoms with Gasteiger partial charge in [-0.25, -0.2) is 0 Å². The summed E-state index contributed by atoms with van der Waals surface area (Å²) in [5.41, 5.74) is 0. The van der Waals surface area contributed by atoms with Crippen LogP contribution in [0.2, 0.25) is 0 Å². The van der Waals surface area contributed by atoms with Crippen molar-refractivity contribution in [3.63, 3.8) is 0 Å². The minimum atomic E-state index is -2.89. The Morgan fingerprint density at radius 2 is 1.29 bits per heavy atom. The van der Waals surface area contributed by atoms with Crippen LogP contribution in [0.25, 0.3) is 0 Å². The van der Waals surface area contributed by atoms with Crippen LogP contribution >= 0.6 is 11.6 Å². The van der Waals surface area contributed by atoms with Crippen LogP contribution in [0.1, 0.15) is 40.0 Å². The van der Waals surface area contributed by atoms with E-state index in [9.17, 15) is 0 Å².